The zero-order chi connectivity index (χ0) is 19.2. The molecule has 0 saturated heterocycles. The Morgan fingerprint density at radius 2 is 1.63 bits per heavy atom. The Bertz CT molecular complexity index is 974. The van der Waals surface area contributed by atoms with Crippen LogP contribution < -0.4 is 10.9 Å². The van der Waals surface area contributed by atoms with Gasteiger partial charge in [0.25, 0.3) is 5.56 Å². The fourth-order valence-electron chi connectivity index (χ4n) is 2.73. The van der Waals surface area contributed by atoms with Crippen molar-refractivity contribution >= 4 is 5.91 Å². The molecule has 0 aliphatic carbocycles. The lowest BCUT2D eigenvalue weighted by molar-refractivity contribution is -0.122. The van der Waals surface area contributed by atoms with E-state index < -0.39 is 0 Å². The first-order chi connectivity index (χ1) is 13.0. The van der Waals surface area contributed by atoms with Crippen LogP contribution in [0, 0.1) is 6.92 Å². The monoisotopic (exact) mass is 361 g/mol. The lowest BCUT2D eigenvalue weighted by Gasteiger charge is -2.09. The molecule has 0 fully saturated rings. The van der Waals surface area contributed by atoms with Crippen molar-refractivity contribution in [3.63, 3.8) is 0 Å². The Hall–Kier alpha value is -3.21. The van der Waals surface area contributed by atoms with Crippen molar-refractivity contribution in [1.82, 2.24) is 15.1 Å². The van der Waals surface area contributed by atoms with Crippen LogP contribution in [-0.4, -0.2) is 15.7 Å². The average molecular weight is 361 g/mol. The summed E-state index contributed by atoms with van der Waals surface area (Å²) in [7, 11) is 0. The first kappa shape index (κ1) is 18.6. The number of nitrogens with zero attached hydrogens (tertiary/aromatic N) is 2. The normalized spacial score (nSPS) is 10.6. The summed E-state index contributed by atoms with van der Waals surface area (Å²) in [5.41, 5.74) is 4.71. The van der Waals surface area contributed by atoms with E-state index >= 15 is 0 Å². The van der Waals surface area contributed by atoms with Crippen LogP contribution in [-0.2, 0) is 24.3 Å². The molecule has 0 unspecified atom stereocenters. The number of nitrogens with one attached hydrogen (secondary N) is 1. The van der Waals surface area contributed by atoms with Crippen LogP contribution in [0.3, 0.4) is 0 Å². The summed E-state index contributed by atoms with van der Waals surface area (Å²) in [6.07, 6.45) is 0.967. The predicted octanol–water partition coefficient (Wildman–Crippen LogP) is 3.10. The van der Waals surface area contributed by atoms with Crippen LogP contribution in [0.2, 0.25) is 0 Å². The van der Waals surface area contributed by atoms with E-state index in [0.717, 1.165) is 17.5 Å². The molecule has 1 N–H and O–H groups in total. The van der Waals surface area contributed by atoms with E-state index in [-0.39, 0.29) is 18.0 Å². The molecule has 1 amide bonds. The van der Waals surface area contributed by atoms with Gasteiger partial charge in [0.2, 0.25) is 5.91 Å². The molecule has 1 heterocycles. The van der Waals surface area contributed by atoms with Crippen LogP contribution in [0.4, 0.5) is 0 Å². The highest BCUT2D eigenvalue weighted by atomic mass is 16.2. The molecule has 3 rings (SSSR count). The minimum atomic E-state index is -0.297. The zero-order valence-electron chi connectivity index (χ0n) is 15.6. The highest BCUT2D eigenvalue weighted by Crippen LogP contribution is 2.16. The summed E-state index contributed by atoms with van der Waals surface area (Å²) in [6.45, 7) is 4.43. The SMILES string of the molecule is CCc1ccc(-c2ccc(=O)n(CC(=O)NCc3ccc(C)cc3)n2)cc1. The highest BCUT2D eigenvalue weighted by Gasteiger charge is 2.08. The molecule has 5 heteroatoms. The number of carbonyl (C=O) groups is 1. The third-order valence-electron chi connectivity index (χ3n) is 4.43. The van der Waals surface area contributed by atoms with Crippen molar-refractivity contribution in [3.8, 4) is 11.3 Å². The van der Waals surface area contributed by atoms with E-state index in [4.69, 9.17) is 0 Å². The van der Waals surface area contributed by atoms with Crippen LogP contribution in [0.25, 0.3) is 11.3 Å². The number of hydrogen-bond acceptors (Lipinski definition) is 3. The third kappa shape index (κ3) is 4.91. The Balaban J connectivity index is 1.69. The summed E-state index contributed by atoms with van der Waals surface area (Å²) in [4.78, 5) is 24.3. The Kier molecular flexibility index (Phi) is 5.81. The van der Waals surface area contributed by atoms with Gasteiger partial charge in [-0.3, -0.25) is 9.59 Å². The van der Waals surface area contributed by atoms with Gasteiger partial charge in [0, 0.05) is 18.2 Å². The van der Waals surface area contributed by atoms with E-state index in [2.05, 4.69) is 17.3 Å². The summed E-state index contributed by atoms with van der Waals surface area (Å²) in [5.74, 6) is -0.247. The van der Waals surface area contributed by atoms with Crippen molar-refractivity contribution in [2.75, 3.05) is 0 Å². The van der Waals surface area contributed by atoms with Crippen LogP contribution in [0.15, 0.2) is 65.5 Å². The molecule has 0 aliphatic rings. The van der Waals surface area contributed by atoms with Crippen molar-refractivity contribution in [2.24, 2.45) is 0 Å². The summed E-state index contributed by atoms with van der Waals surface area (Å²) in [6, 6.07) is 19.1. The quantitative estimate of drug-likeness (QED) is 0.734. The van der Waals surface area contributed by atoms with E-state index in [0.29, 0.717) is 12.2 Å². The van der Waals surface area contributed by atoms with E-state index in [1.165, 1.54) is 21.9 Å². The second kappa shape index (κ2) is 8.45. The van der Waals surface area contributed by atoms with Gasteiger partial charge in [-0.05, 0) is 30.5 Å². The Morgan fingerprint density at radius 1 is 0.963 bits per heavy atom. The van der Waals surface area contributed by atoms with Crippen molar-refractivity contribution in [3.05, 3.63) is 87.7 Å². The summed E-state index contributed by atoms with van der Waals surface area (Å²) in [5, 5.41) is 7.18. The van der Waals surface area contributed by atoms with Crippen molar-refractivity contribution in [1.29, 1.82) is 0 Å². The largest absolute Gasteiger partial charge is 0.350 e. The Labute approximate surface area is 158 Å². The number of aromatic nitrogens is 2. The molecule has 138 valence electrons. The first-order valence-electron chi connectivity index (χ1n) is 9.05. The minimum absolute atomic E-state index is 0.106. The number of hydrogen-bond donors (Lipinski definition) is 1. The maximum absolute atomic E-state index is 12.2. The lowest BCUT2D eigenvalue weighted by Crippen LogP contribution is -2.33. The highest BCUT2D eigenvalue weighted by molar-refractivity contribution is 5.75. The van der Waals surface area contributed by atoms with Crippen LogP contribution in [0.5, 0.6) is 0 Å². The smallest absolute Gasteiger partial charge is 0.267 e. The van der Waals surface area contributed by atoms with E-state index in [1.807, 2.05) is 55.5 Å². The molecule has 1 aromatic heterocycles. The maximum Gasteiger partial charge on any atom is 0.267 e. The molecule has 0 aliphatic heterocycles. The third-order valence-corrected chi connectivity index (χ3v) is 4.43. The van der Waals surface area contributed by atoms with E-state index in [9.17, 15) is 9.59 Å². The zero-order valence-corrected chi connectivity index (χ0v) is 15.6. The van der Waals surface area contributed by atoms with Gasteiger partial charge < -0.3 is 5.32 Å². The average Bonchev–Trinajstić information content (AvgIpc) is 2.69. The lowest BCUT2D eigenvalue weighted by atomic mass is 10.1. The predicted molar refractivity (Wildman–Crippen MR) is 106 cm³/mol. The number of amides is 1. The van der Waals surface area contributed by atoms with E-state index in [1.54, 1.807) is 6.07 Å². The van der Waals surface area contributed by atoms with Gasteiger partial charge in [-0.15, -0.1) is 0 Å². The molecule has 0 radical (unpaired) electrons. The van der Waals surface area contributed by atoms with Gasteiger partial charge in [-0.1, -0.05) is 61.0 Å². The molecule has 3 aromatic rings. The summed E-state index contributed by atoms with van der Waals surface area (Å²) >= 11 is 0. The molecule has 5 nitrogen and oxygen atoms in total. The fourth-order valence-corrected chi connectivity index (χ4v) is 2.73. The summed E-state index contributed by atoms with van der Waals surface area (Å²) < 4.78 is 1.20. The standard InChI is InChI=1S/C22H23N3O2/c1-3-17-8-10-19(11-9-17)20-12-13-22(27)25(24-20)15-21(26)23-14-18-6-4-16(2)5-7-18/h4-13H,3,14-15H2,1-2H3,(H,23,26). The van der Waals surface area contributed by atoms with Crippen molar-refractivity contribution < 1.29 is 4.79 Å². The van der Waals surface area contributed by atoms with Gasteiger partial charge in [0.15, 0.2) is 0 Å². The second-order valence-corrected chi connectivity index (χ2v) is 6.53. The molecule has 2 aromatic carbocycles. The van der Waals surface area contributed by atoms with Gasteiger partial charge in [-0.2, -0.15) is 5.10 Å². The van der Waals surface area contributed by atoms with Gasteiger partial charge in [0.05, 0.1) is 5.69 Å². The molecule has 0 atom stereocenters. The van der Waals surface area contributed by atoms with Crippen molar-refractivity contribution in [2.45, 2.75) is 33.4 Å². The van der Waals surface area contributed by atoms with Gasteiger partial charge in [0.1, 0.15) is 6.54 Å². The number of aryl methyl sites for hydroxylation is 2. The molecule has 0 saturated carbocycles. The second-order valence-electron chi connectivity index (χ2n) is 6.53. The fraction of sp³-hybridized carbons (Fsp3) is 0.227. The topological polar surface area (TPSA) is 64.0 Å². The molecular formula is C22H23N3O2. The van der Waals surface area contributed by atoms with Gasteiger partial charge in [-0.25, -0.2) is 4.68 Å². The first-order valence-corrected chi connectivity index (χ1v) is 9.05. The molecule has 0 spiro atoms. The number of carbonyl (C=O) groups excluding carboxylic acids is 1. The molecular weight excluding hydrogens is 338 g/mol. The van der Waals surface area contributed by atoms with Crippen LogP contribution >= 0.6 is 0 Å². The number of benzene rings is 2. The van der Waals surface area contributed by atoms with Gasteiger partial charge >= 0.3 is 0 Å². The Morgan fingerprint density at radius 3 is 2.30 bits per heavy atom. The minimum Gasteiger partial charge on any atom is -0.350 e. The molecule has 0 bridgehead atoms. The molecule has 27 heavy (non-hydrogen) atoms. The van der Waals surface area contributed by atoms with Crippen LogP contribution in [0.1, 0.15) is 23.6 Å². The number of rotatable bonds is 6. The maximum atomic E-state index is 12.2.